The summed E-state index contributed by atoms with van der Waals surface area (Å²) >= 11 is 18.0. The van der Waals surface area contributed by atoms with Crippen LogP contribution in [0.25, 0.3) is 0 Å². The van der Waals surface area contributed by atoms with Gasteiger partial charge in [-0.15, -0.1) is 0 Å². The predicted molar refractivity (Wildman–Crippen MR) is 102 cm³/mol. The van der Waals surface area contributed by atoms with E-state index in [1.54, 1.807) is 18.2 Å². The largest absolute Gasteiger partial charge is 1.00 e. The molecule has 0 aromatic heterocycles. The van der Waals surface area contributed by atoms with Crippen molar-refractivity contribution in [3.8, 4) is 0 Å². The number of carbonyl (C=O) groups excluding carboxylic acids is 1. The molecule has 0 aliphatic carbocycles. The van der Waals surface area contributed by atoms with Gasteiger partial charge in [-0.2, -0.15) is 8.42 Å². The molecule has 0 radical (unpaired) electrons. The topological polar surface area (TPSA) is 99.1 Å². The third-order valence-electron chi connectivity index (χ3n) is 3.78. The smallest absolute Gasteiger partial charge is 0.714 e. The van der Waals surface area contributed by atoms with Gasteiger partial charge in [0.2, 0.25) is 0 Å². The van der Waals surface area contributed by atoms with Crippen LogP contribution in [0.2, 0.25) is 15.1 Å². The first-order valence-corrected chi connectivity index (χ1v) is 9.90. The first kappa shape index (κ1) is 24.1. The summed E-state index contributed by atoms with van der Waals surface area (Å²) in [5.41, 5.74) is 1.24. The minimum atomic E-state index is -4.99. The van der Waals surface area contributed by atoms with Crippen LogP contribution < -0.4 is 56.3 Å². The zero-order valence-corrected chi connectivity index (χ0v) is 20.6. The maximum atomic E-state index is 13.0. The van der Waals surface area contributed by atoms with E-state index in [2.05, 4.69) is 9.44 Å². The predicted octanol–water partition coefficient (Wildman–Crippen LogP) is 0.882. The number of benzene rings is 2. The molecule has 28 heavy (non-hydrogen) atoms. The summed E-state index contributed by atoms with van der Waals surface area (Å²) < 4.78 is 36.0. The molecule has 2 aromatic carbocycles. The van der Waals surface area contributed by atoms with Crippen molar-refractivity contribution in [1.29, 1.82) is 0 Å². The Labute approximate surface area is 218 Å². The third-order valence-corrected chi connectivity index (χ3v) is 4.82. The van der Waals surface area contributed by atoms with E-state index in [0.717, 1.165) is 0 Å². The van der Waals surface area contributed by atoms with Gasteiger partial charge in [0.1, 0.15) is 0 Å². The average Bonchev–Trinajstić information content (AvgIpc) is 2.58. The summed E-state index contributed by atoms with van der Waals surface area (Å²) in [6.07, 6.45) is 0.154. The number of anilines is 1. The van der Waals surface area contributed by atoms with Crippen LogP contribution in [-0.2, 0) is 14.7 Å². The van der Waals surface area contributed by atoms with Crippen molar-refractivity contribution in [2.75, 3.05) is 11.4 Å². The van der Waals surface area contributed by atoms with Crippen LogP contribution in [-0.4, -0.2) is 31.1 Å². The molecular weight excluding hydrogens is 478 g/mol. The molecule has 142 valence electrons. The van der Waals surface area contributed by atoms with Crippen molar-refractivity contribution in [2.45, 2.75) is 6.42 Å². The van der Waals surface area contributed by atoms with Crippen LogP contribution in [0.15, 0.2) is 41.6 Å². The number of amides is 1. The normalized spacial score (nSPS) is 15.0. The van der Waals surface area contributed by atoms with Gasteiger partial charge in [0.25, 0.3) is 16.3 Å². The van der Waals surface area contributed by atoms with Gasteiger partial charge in [-0.25, -0.2) is 0 Å². The van der Waals surface area contributed by atoms with Crippen molar-refractivity contribution in [3.05, 3.63) is 62.6 Å². The molecule has 1 aliphatic rings. The van der Waals surface area contributed by atoms with Crippen molar-refractivity contribution >= 4 is 62.5 Å². The first-order chi connectivity index (χ1) is 12.7. The Hall–Kier alpha value is -0.204. The minimum absolute atomic E-state index is 0. The number of hydrogen-bond donors (Lipinski definition) is 0. The quantitative estimate of drug-likeness (QED) is 0.277. The average molecular weight is 488 g/mol. The molecule has 1 amide bonds. The van der Waals surface area contributed by atoms with Gasteiger partial charge >= 0.3 is 51.4 Å². The summed E-state index contributed by atoms with van der Waals surface area (Å²) in [5.74, 6) is -0.392. The maximum absolute atomic E-state index is 13.0. The van der Waals surface area contributed by atoms with E-state index in [1.165, 1.54) is 23.1 Å². The SMILES string of the molecule is O=C(c1ccc(Cl)cc1Cl)N1CC/C(=N/OS(=O)(=O)[O-])c2ccc(Cl)cc21.[K+]. The summed E-state index contributed by atoms with van der Waals surface area (Å²) in [4.78, 5) is 14.4. The first-order valence-electron chi connectivity index (χ1n) is 7.44. The molecule has 3 rings (SSSR count). The Morgan fingerprint density at radius 3 is 2.39 bits per heavy atom. The van der Waals surface area contributed by atoms with Gasteiger partial charge in [-0.3, -0.25) is 9.08 Å². The molecule has 0 atom stereocenters. The second kappa shape index (κ2) is 9.74. The molecule has 1 heterocycles. The van der Waals surface area contributed by atoms with Crippen LogP contribution in [0, 0.1) is 0 Å². The Bertz CT molecular complexity index is 1060. The van der Waals surface area contributed by atoms with Crippen LogP contribution in [0.1, 0.15) is 22.3 Å². The Morgan fingerprint density at radius 1 is 1.11 bits per heavy atom. The van der Waals surface area contributed by atoms with Crippen LogP contribution in [0.5, 0.6) is 0 Å². The Balaban J connectivity index is 0.00000280. The second-order valence-electron chi connectivity index (χ2n) is 5.51. The molecule has 0 N–H and O–H groups in total. The maximum Gasteiger partial charge on any atom is 1.00 e. The molecule has 7 nitrogen and oxygen atoms in total. The monoisotopic (exact) mass is 486 g/mol. The van der Waals surface area contributed by atoms with E-state index in [4.69, 9.17) is 34.8 Å². The molecular formula is C16H10Cl3KN2O5S. The standard InChI is InChI=1S/C16H11Cl3N2O5S.K/c17-9-1-3-11(13(19)7-9)16(22)21-6-5-14(20-26-27(23,24)25)12-4-2-10(18)8-15(12)21;/h1-4,7-8H,5-6H2,(H,23,24,25);/q;+1/p-1/b20-14-;. The van der Waals surface area contributed by atoms with Crippen molar-refractivity contribution in [2.24, 2.45) is 5.16 Å². The molecule has 0 unspecified atom stereocenters. The van der Waals surface area contributed by atoms with Crippen molar-refractivity contribution in [3.63, 3.8) is 0 Å². The van der Waals surface area contributed by atoms with Gasteiger partial charge < -0.3 is 9.45 Å². The summed E-state index contributed by atoms with van der Waals surface area (Å²) in [6.45, 7) is 0.145. The van der Waals surface area contributed by atoms with E-state index in [1.807, 2.05) is 0 Å². The molecule has 0 saturated carbocycles. The van der Waals surface area contributed by atoms with Gasteiger partial charge in [-0.1, -0.05) is 40.0 Å². The number of hydrogen-bond acceptors (Lipinski definition) is 6. The molecule has 2 aromatic rings. The fourth-order valence-corrected chi connectivity index (χ4v) is 3.49. The fraction of sp³-hybridized carbons (Fsp3) is 0.125. The number of halogens is 3. The van der Waals surface area contributed by atoms with E-state index in [-0.39, 0.29) is 80.6 Å². The number of rotatable bonds is 3. The summed E-state index contributed by atoms with van der Waals surface area (Å²) in [5, 5.41) is 4.35. The Kier molecular flexibility index (Phi) is 8.37. The second-order valence-corrected chi connectivity index (χ2v) is 7.76. The van der Waals surface area contributed by atoms with Gasteiger partial charge in [-0.05, 0) is 36.4 Å². The number of nitrogens with zero attached hydrogens (tertiary/aromatic N) is 2. The molecule has 0 saturated heterocycles. The van der Waals surface area contributed by atoms with E-state index < -0.39 is 16.3 Å². The molecule has 0 bridgehead atoms. The van der Waals surface area contributed by atoms with Crippen LogP contribution >= 0.6 is 34.8 Å². The number of oxime groups is 1. The van der Waals surface area contributed by atoms with E-state index in [0.29, 0.717) is 21.3 Å². The van der Waals surface area contributed by atoms with E-state index >= 15 is 0 Å². The summed E-state index contributed by atoms with van der Waals surface area (Å²) in [6, 6.07) is 9.14. The van der Waals surface area contributed by atoms with Gasteiger partial charge in [0.05, 0.1) is 22.0 Å². The van der Waals surface area contributed by atoms with Crippen molar-refractivity contribution < 1.29 is 73.4 Å². The third kappa shape index (κ3) is 5.69. The van der Waals surface area contributed by atoms with Crippen LogP contribution in [0.4, 0.5) is 5.69 Å². The van der Waals surface area contributed by atoms with Crippen LogP contribution in [0.3, 0.4) is 0 Å². The number of carbonyl (C=O) groups is 1. The summed E-state index contributed by atoms with van der Waals surface area (Å²) in [7, 11) is -4.99. The van der Waals surface area contributed by atoms with Gasteiger partial charge in [0.15, 0.2) is 0 Å². The van der Waals surface area contributed by atoms with E-state index in [9.17, 15) is 17.8 Å². The van der Waals surface area contributed by atoms with Crippen molar-refractivity contribution in [1.82, 2.24) is 0 Å². The molecule has 0 fully saturated rings. The zero-order valence-electron chi connectivity index (χ0n) is 14.4. The number of fused-ring (bicyclic) bond motifs is 1. The fourth-order valence-electron chi connectivity index (χ4n) is 2.65. The minimum Gasteiger partial charge on any atom is -0.714 e. The molecule has 1 aliphatic heterocycles. The van der Waals surface area contributed by atoms with Gasteiger partial charge in [0, 0.05) is 28.6 Å². The molecule has 12 heteroatoms. The molecule has 0 spiro atoms. The Morgan fingerprint density at radius 2 is 1.75 bits per heavy atom. The zero-order chi connectivity index (χ0) is 19.8.